The summed E-state index contributed by atoms with van der Waals surface area (Å²) in [4.78, 5) is 13.4. The van der Waals surface area contributed by atoms with Crippen molar-refractivity contribution in [1.29, 1.82) is 5.41 Å². The van der Waals surface area contributed by atoms with E-state index in [1.165, 1.54) is 0 Å². The number of anilines is 2. The minimum Gasteiger partial charge on any atom is -0.384 e. The zero-order chi connectivity index (χ0) is 14.8. The summed E-state index contributed by atoms with van der Waals surface area (Å²) < 4.78 is 0. The van der Waals surface area contributed by atoms with Crippen molar-refractivity contribution < 1.29 is 0 Å². The first kappa shape index (κ1) is 13.8. The van der Waals surface area contributed by atoms with Gasteiger partial charge in [-0.05, 0) is 19.1 Å². The lowest BCUT2D eigenvalue weighted by molar-refractivity contribution is 0.645. The third kappa shape index (κ3) is 2.82. The highest BCUT2D eigenvalue weighted by atomic mass is 32.1. The second-order valence-electron chi connectivity index (χ2n) is 5.03. The van der Waals surface area contributed by atoms with Crippen molar-refractivity contribution in [2.24, 2.45) is 5.73 Å². The fourth-order valence-corrected chi connectivity index (χ4v) is 3.17. The van der Waals surface area contributed by atoms with Gasteiger partial charge in [0.1, 0.15) is 11.7 Å². The Bertz CT molecular complexity index is 631. The highest BCUT2D eigenvalue weighted by Crippen LogP contribution is 2.23. The molecule has 0 spiro atoms. The summed E-state index contributed by atoms with van der Waals surface area (Å²) in [5.41, 5.74) is 7.33. The SMILES string of the molecule is Cc1ccc(C(=N)N)c(N2CCN(c3nccs3)CC2)n1. The molecule has 0 saturated carbocycles. The molecule has 0 aromatic carbocycles. The van der Waals surface area contributed by atoms with Gasteiger partial charge >= 0.3 is 0 Å². The molecule has 3 heterocycles. The van der Waals surface area contributed by atoms with E-state index in [-0.39, 0.29) is 5.84 Å². The molecule has 3 N–H and O–H groups in total. The maximum atomic E-state index is 7.71. The number of piperazine rings is 1. The maximum absolute atomic E-state index is 7.71. The summed E-state index contributed by atoms with van der Waals surface area (Å²) in [6.07, 6.45) is 1.84. The number of rotatable bonds is 3. The quantitative estimate of drug-likeness (QED) is 0.662. The predicted octanol–water partition coefficient (Wildman–Crippen LogP) is 1.46. The second kappa shape index (κ2) is 5.69. The molecule has 110 valence electrons. The first-order chi connectivity index (χ1) is 10.1. The van der Waals surface area contributed by atoms with Gasteiger partial charge in [-0.15, -0.1) is 11.3 Å². The number of nitrogens with one attached hydrogen (secondary N) is 1. The first-order valence-corrected chi connectivity index (χ1v) is 7.74. The number of hydrogen-bond acceptors (Lipinski definition) is 6. The number of amidine groups is 1. The average Bonchev–Trinajstić information content (AvgIpc) is 3.01. The van der Waals surface area contributed by atoms with Crippen molar-refractivity contribution in [3.63, 3.8) is 0 Å². The number of aromatic nitrogens is 2. The van der Waals surface area contributed by atoms with Gasteiger partial charge in [0, 0.05) is 43.4 Å². The van der Waals surface area contributed by atoms with E-state index in [0.29, 0.717) is 5.56 Å². The van der Waals surface area contributed by atoms with E-state index in [4.69, 9.17) is 11.1 Å². The average molecular weight is 302 g/mol. The van der Waals surface area contributed by atoms with Crippen LogP contribution in [0, 0.1) is 12.3 Å². The number of pyridine rings is 1. The van der Waals surface area contributed by atoms with Crippen LogP contribution in [0.2, 0.25) is 0 Å². The lowest BCUT2D eigenvalue weighted by atomic mass is 10.2. The third-order valence-electron chi connectivity index (χ3n) is 3.57. The van der Waals surface area contributed by atoms with Crippen LogP contribution in [0.25, 0.3) is 0 Å². The van der Waals surface area contributed by atoms with Crippen LogP contribution in [-0.2, 0) is 0 Å². The van der Waals surface area contributed by atoms with Crippen LogP contribution in [0.3, 0.4) is 0 Å². The molecule has 0 unspecified atom stereocenters. The van der Waals surface area contributed by atoms with Crippen LogP contribution in [0.4, 0.5) is 10.9 Å². The molecule has 21 heavy (non-hydrogen) atoms. The van der Waals surface area contributed by atoms with Crippen LogP contribution in [0.15, 0.2) is 23.7 Å². The molecule has 0 atom stereocenters. The molecule has 0 aliphatic carbocycles. The summed E-state index contributed by atoms with van der Waals surface area (Å²) >= 11 is 1.66. The van der Waals surface area contributed by atoms with E-state index < -0.39 is 0 Å². The summed E-state index contributed by atoms with van der Waals surface area (Å²) in [6, 6.07) is 3.78. The van der Waals surface area contributed by atoms with Gasteiger partial charge in [0.2, 0.25) is 0 Å². The Morgan fingerprint density at radius 1 is 1.24 bits per heavy atom. The van der Waals surface area contributed by atoms with Gasteiger partial charge in [-0.1, -0.05) is 0 Å². The van der Waals surface area contributed by atoms with E-state index >= 15 is 0 Å². The lowest BCUT2D eigenvalue weighted by Gasteiger charge is -2.36. The molecule has 1 aliphatic heterocycles. The van der Waals surface area contributed by atoms with Crippen LogP contribution in [0.1, 0.15) is 11.3 Å². The zero-order valence-corrected chi connectivity index (χ0v) is 12.7. The molecule has 1 saturated heterocycles. The van der Waals surface area contributed by atoms with Crippen molar-refractivity contribution in [2.75, 3.05) is 36.0 Å². The third-order valence-corrected chi connectivity index (χ3v) is 4.41. The minimum absolute atomic E-state index is 0.0693. The van der Waals surface area contributed by atoms with Gasteiger partial charge in [0.15, 0.2) is 5.13 Å². The molecule has 0 bridgehead atoms. The number of nitrogens with zero attached hydrogens (tertiary/aromatic N) is 4. The number of nitrogen functional groups attached to an aromatic ring is 1. The van der Waals surface area contributed by atoms with E-state index in [2.05, 4.69) is 19.8 Å². The molecule has 1 fully saturated rings. The monoisotopic (exact) mass is 302 g/mol. The molecule has 2 aromatic heterocycles. The first-order valence-electron chi connectivity index (χ1n) is 6.86. The maximum Gasteiger partial charge on any atom is 0.185 e. The van der Waals surface area contributed by atoms with Gasteiger partial charge in [-0.2, -0.15) is 0 Å². The van der Waals surface area contributed by atoms with E-state index in [1.54, 1.807) is 11.3 Å². The Balaban J connectivity index is 1.78. The van der Waals surface area contributed by atoms with Crippen molar-refractivity contribution >= 4 is 28.1 Å². The largest absolute Gasteiger partial charge is 0.384 e. The number of aryl methyl sites for hydroxylation is 1. The Kier molecular flexibility index (Phi) is 3.74. The molecule has 7 heteroatoms. The standard InChI is InChI=1S/C14H18N6S/c1-10-2-3-11(12(15)16)13(18-10)19-5-7-20(8-6-19)14-17-4-9-21-14/h2-4,9H,5-8H2,1H3,(H3,15,16). The molecule has 0 amide bonds. The zero-order valence-electron chi connectivity index (χ0n) is 11.9. The minimum atomic E-state index is 0.0693. The molecule has 1 aliphatic rings. The smallest absolute Gasteiger partial charge is 0.185 e. The molecule has 2 aromatic rings. The highest BCUT2D eigenvalue weighted by molar-refractivity contribution is 7.13. The highest BCUT2D eigenvalue weighted by Gasteiger charge is 2.22. The Morgan fingerprint density at radius 2 is 1.95 bits per heavy atom. The van der Waals surface area contributed by atoms with Gasteiger partial charge in [0.25, 0.3) is 0 Å². The normalized spacial score (nSPS) is 15.3. The fourth-order valence-electron chi connectivity index (χ4n) is 2.48. The second-order valence-corrected chi connectivity index (χ2v) is 5.90. The van der Waals surface area contributed by atoms with Crippen molar-refractivity contribution in [3.05, 3.63) is 35.0 Å². The predicted molar refractivity (Wildman–Crippen MR) is 86.5 cm³/mol. The topological polar surface area (TPSA) is 82.1 Å². The summed E-state index contributed by atoms with van der Waals surface area (Å²) in [5.74, 6) is 0.890. The molecule has 6 nitrogen and oxygen atoms in total. The number of nitrogens with two attached hydrogens (primary N) is 1. The molecular weight excluding hydrogens is 284 g/mol. The summed E-state index contributed by atoms with van der Waals surface area (Å²) in [7, 11) is 0. The van der Waals surface area contributed by atoms with Crippen LogP contribution < -0.4 is 15.5 Å². The van der Waals surface area contributed by atoms with Crippen LogP contribution in [0.5, 0.6) is 0 Å². The van der Waals surface area contributed by atoms with Gasteiger partial charge < -0.3 is 15.5 Å². The van der Waals surface area contributed by atoms with Crippen molar-refractivity contribution in [3.8, 4) is 0 Å². The van der Waals surface area contributed by atoms with Gasteiger partial charge in [-0.25, -0.2) is 9.97 Å². The number of thiazole rings is 1. The van der Waals surface area contributed by atoms with E-state index in [1.807, 2.05) is 30.6 Å². The lowest BCUT2D eigenvalue weighted by Crippen LogP contribution is -2.47. The molecular formula is C14H18N6S. The van der Waals surface area contributed by atoms with Gasteiger partial charge in [-0.3, -0.25) is 5.41 Å². The molecule has 3 rings (SSSR count). The van der Waals surface area contributed by atoms with Crippen LogP contribution in [-0.4, -0.2) is 42.0 Å². The molecule has 0 radical (unpaired) electrons. The van der Waals surface area contributed by atoms with Crippen molar-refractivity contribution in [2.45, 2.75) is 6.92 Å². The van der Waals surface area contributed by atoms with E-state index in [0.717, 1.165) is 42.8 Å². The number of hydrogen-bond donors (Lipinski definition) is 2. The summed E-state index contributed by atoms with van der Waals surface area (Å²) in [6.45, 7) is 5.48. The van der Waals surface area contributed by atoms with Gasteiger partial charge in [0.05, 0.1) is 5.56 Å². The van der Waals surface area contributed by atoms with Crippen molar-refractivity contribution in [1.82, 2.24) is 9.97 Å². The van der Waals surface area contributed by atoms with E-state index in [9.17, 15) is 0 Å². The Hall–Kier alpha value is -2.15. The summed E-state index contributed by atoms with van der Waals surface area (Å²) in [5, 5.41) is 10.8. The van der Waals surface area contributed by atoms with Crippen LogP contribution >= 0.6 is 11.3 Å². The Morgan fingerprint density at radius 3 is 2.57 bits per heavy atom. The fraction of sp³-hybridized carbons (Fsp3) is 0.357. The Labute approximate surface area is 127 Å².